The smallest absolute Gasteiger partial charge is 0.274 e. The number of rotatable bonds is 4. The zero-order valence-electron chi connectivity index (χ0n) is 17.0. The van der Waals surface area contributed by atoms with Gasteiger partial charge in [-0.15, -0.1) is 0 Å². The van der Waals surface area contributed by atoms with Gasteiger partial charge in [0.1, 0.15) is 0 Å². The molecule has 0 bridgehead atoms. The Morgan fingerprint density at radius 1 is 1.07 bits per heavy atom. The van der Waals surface area contributed by atoms with Crippen LogP contribution in [0.5, 0.6) is 0 Å². The lowest BCUT2D eigenvalue weighted by atomic mass is 9.95. The van der Waals surface area contributed by atoms with Crippen molar-refractivity contribution in [3.05, 3.63) is 36.3 Å². The minimum absolute atomic E-state index is 0.0199. The number of likely N-dealkylation sites (N-methyl/N-ethyl adjacent to an activating group) is 1. The Kier molecular flexibility index (Phi) is 5.62. The van der Waals surface area contributed by atoms with Gasteiger partial charge < -0.3 is 14.7 Å². The van der Waals surface area contributed by atoms with Crippen molar-refractivity contribution in [2.45, 2.75) is 25.3 Å². The van der Waals surface area contributed by atoms with E-state index in [0.29, 0.717) is 24.8 Å². The summed E-state index contributed by atoms with van der Waals surface area (Å²) in [5, 5.41) is 7.12. The van der Waals surface area contributed by atoms with E-state index in [9.17, 15) is 9.59 Å². The fourth-order valence-corrected chi connectivity index (χ4v) is 4.22. The Hall–Kier alpha value is -2.74. The zero-order chi connectivity index (χ0) is 20.4. The van der Waals surface area contributed by atoms with Crippen LogP contribution >= 0.6 is 0 Å². The average molecular weight is 396 g/mol. The first kappa shape index (κ1) is 19.6. The predicted octanol–water partition coefficient (Wildman–Crippen LogP) is 1.49. The molecule has 0 radical (unpaired) electrons. The number of nitrogens with one attached hydrogen (secondary N) is 1. The summed E-state index contributed by atoms with van der Waals surface area (Å²) in [5.74, 6) is 0.189. The van der Waals surface area contributed by atoms with E-state index in [-0.39, 0.29) is 17.7 Å². The van der Waals surface area contributed by atoms with Gasteiger partial charge in [0.05, 0.1) is 5.69 Å². The number of carbonyl (C=O) groups excluding carboxylic acids is 2. The van der Waals surface area contributed by atoms with Gasteiger partial charge in [-0.05, 0) is 51.6 Å². The molecule has 154 valence electrons. The number of aromatic amines is 1. The van der Waals surface area contributed by atoms with Crippen molar-refractivity contribution in [1.29, 1.82) is 0 Å². The molecule has 1 N–H and O–H groups in total. The maximum Gasteiger partial charge on any atom is 0.274 e. The molecule has 1 atom stereocenters. The molecule has 4 heterocycles. The van der Waals surface area contributed by atoms with Crippen molar-refractivity contribution in [2.24, 2.45) is 5.92 Å². The van der Waals surface area contributed by atoms with Crippen LogP contribution in [0.25, 0.3) is 11.3 Å². The number of pyridine rings is 1. The van der Waals surface area contributed by atoms with Crippen molar-refractivity contribution < 1.29 is 9.59 Å². The van der Waals surface area contributed by atoms with E-state index < -0.39 is 0 Å². The number of likely N-dealkylation sites (tertiary alicyclic amines) is 2. The number of aromatic nitrogens is 3. The molecule has 0 aliphatic carbocycles. The van der Waals surface area contributed by atoms with Crippen molar-refractivity contribution in [3.63, 3.8) is 0 Å². The molecule has 0 spiro atoms. The number of H-pyrrole nitrogens is 1. The Labute approximate surface area is 170 Å². The molecule has 2 aromatic rings. The van der Waals surface area contributed by atoms with Crippen LogP contribution in [0.4, 0.5) is 0 Å². The average Bonchev–Trinajstić information content (AvgIpc) is 3.44. The first-order valence-corrected chi connectivity index (χ1v) is 10.2. The van der Waals surface area contributed by atoms with Crippen LogP contribution in [0.15, 0.2) is 30.6 Å². The lowest BCUT2D eigenvalue weighted by Crippen LogP contribution is -2.44. The molecule has 2 fully saturated rings. The fourth-order valence-electron chi connectivity index (χ4n) is 4.22. The first-order chi connectivity index (χ1) is 14.0. The molecule has 1 unspecified atom stereocenters. The second-order valence-electron chi connectivity index (χ2n) is 8.16. The molecule has 2 aliphatic rings. The van der Waals surface area contributed by atoms with Crippen LogP contribution in [0, 0.1) is 5.92 Å². The van der Waals surface area contributed by atoms with E-state index in [1.807, 2.05) is 21.9 Å². The first-order valence-electron chi connectivity index (χ1n) is 10.2. The number of hydrogen-bond donors (Lipinski definition) is 1. The fraction of sp³-hybridized carbons (Fsp3) is 0.524. The zero-order valence-corrected chi connectivity index (χ0v) is 17.0. The lowest BCUT2D eigenvalue weighted by Gasteiger charge is -2.33. The number of nitrogens with zero attached hydrogens (tertiary/aromatic N) is 5. The quantitative estimate of drug-likeness (QED) is 0.846. The van der Waals surface area contributed by atoms with Crippen LogP contribution in [-0.2, 0) is 4.79 Å². The molecule has 8 heteroatoms. The van der Waals surface area contributed by atoms with Crippen LogP contribution in [-0.4, -0.2) is 88.0 Å². The second-order valence-corrected chi connectivity index (χ2v) is 8.16. The predicted molar refractivity (Wildman–Crippen MR) is 109 cm³/mol. The van der Waals surface area contributed by atoms with Crippen molar-refractivity contribution in [2.75, 3.05) is 40.3 Å². The third-order valence-corrected chi connectivity index (χ3v) is 6.13. The van der Waals surface area contributed by atoms with E-state index in [1.165, 1.54) is 0 Å². The topological polar surface area (TPSA) is 85.4 Å². The van der Waals surface area contributed by atoms with Gasteiger partial charge in [-0.3, -0.25) is 19.7 Å². The SMILES string of the molecule is CN(C)C1CCN(C(=O)C2CCN(C(=O)c3cc(-c4ccncc4)[nH]n3)CC2)C1. The highest BCUT2D eigenvalue weighted by atomic mass is 16.2. The standard InChI is InChI=1S/C21H28N6O2/c1-25(2)17-7-12-27(14-17)20(28)16-5-10-26(11-6-16)21(29)19-13-18(23-24-19)15-3-8-22-9-4-15/h3-4,8-9,13,16-17H,5-7,10-12,14H2,1-2H3,(H,23,24). The summed E-state index contributed by atoms with van der Waals surface area (Å²) in [7, 11) is 4.13. The number of hydrogen-bond acceptors (Lipinski definition) is 5. The molecule has 2 aromatic heterocycles. The molecule has 2 amide bonds. The van der Waals surface area contributed by atoms with Crippen molar-refractivity contribution in [1.82, 2.24) is 29.9 Å². The normalized spacial score (nSPS) is 20.4. The Balaban J connectivity index is 1.32. The molecular formula is C21H28N6O2. The Morgan fingerprint density at radius 3 is 2.41 bits per heavy atom. The molecule has 8 nitrogen and oxygen atoms in total. The van der Waals surface area contributed by atoms with Gasteiger partial charge in [0, 0.05) is 56.1 Å². The molecule has 2 saturated heterocycles. The summed E-state index contributed by atoms with van der Waals surface area (Å²) in [6, 6.07) is 5.98. The monoisotopic (exact) mass is 396 g/mol. The summed E-state index contributed by atoms with van der Waals surface area (Å²) in [5.41, 5.74) is 2.15. The van der Waals surface area contributed by atoms with E-state index in [4.69, 9.17) is 0 Å². The molecular weight excluding hydrogens is 368 g/mol. The number of piperidine rings is 1. The maximum atomic E-state index is 12.9. The van der Waals surface area contributed by atoms with E-state index in [0.717, 1.165) is 43.6 Å². The van der Waals surface area contributed by atoms with E-state index in [2.05, 4.69) is 34.2 Å². The minimum Gasteiger partial charge on any atom is -0.341 e. The summed E-state index contributed by atoms with van der Waals surface area (Å²) in [6.07, 6.45) is 5.89. The number of carbonyl (C=O) groups is 2. The third kappa shape index (κ3) is 4.17. The van der Waals surface area contributed by atoms with Gasteiger partial charge in [-0.1, -0.05) is 0 Å². The second kappa shape index (κ2) is 8.32. The van der Waals surface area contributed by atoms with Crippen LogP contribution in [0.3, 0.4) is 0 Å². The summed E-state index contributed by atoms with van der Waals surface area (Å²) in [6.45, 7) is 2.84. The van der Waals surface area contributed by atoms with E-state index >= 15 is 0 Å². The molecule has 0 aromatic carbocycles. The van der Waals surface area contributed by atoms with Crippen LogP contribution in [0.2, 0.25) is 0 Å². The van der Waals surface area contributed by atoms with Crippen LogP contribution in [0.1, 0.15) is 29.8 Å². The van der Waals surface area contributed by atoms with Gasteiger partial charge in [0.15, 0.2) is 5.69 Å². The van der Waals surface area contributed by atoms with E-state index in [1.54, 1.807) is 18.5 Å². The molecule has 0 saturated carbocycles. The van der Waals surface area contributed by atoms with Crippen LogP contribution < -0.4 is 0 Å². The highest BCUT2D eigenvalue weighted by Crippen LogP contribution is 2.24. The molecule has 4 rings (SSSR count). The summed E-state index contributed by atoms with van der Waals surface area (Å²) in [4.78, 5) is 35.7. The lowest BCUT2D eigenvalue weighted by molar-refractivity contribution is -0.136. The van der Waals surface area contributed by atoms with Gasteiger partial charge in [-0.25, -0.2) is 0 Å². The molecule has 29 heavy (non-hydrogen) atoms. The Bertz CT molecular complexity index is 857. The maximum absolute atomic E-state index is 12.9. The van der Waals surface area contributed by atoms with Crippen molar-refractivity contribution in [3.8, 4) is 11.3 Å². The van der Waals surface area contributed by atoms with Gasteiger partial charge in [0.25, 0.3) is 5.91 Å². The van der Waals surface area contributed by atoms with Gasteiger partial charge in [-0.2, -0.15) is 5.10 Å². The highest BCUT2D eigenvalue weighted by Gasteiger charge is 2.34. The minimum atomic E-state index is -0.0821. The largest absolute Gasteiger partial charge is 0.341 e. The molecule has 2 aliphatic heterocycles. The highest BCUT2D eigenvalue weighted by molar-refractivity contribution is 5.93. The van der Waals surface area contributed by atoms with Gasteiger partial charge in [0.2, 0.25) is 5.91 Å². The summed E-state index contributed by atoms with van der Waals surface area (Å²) >= 11 is 0. The van der Waals surface area contributed by atoms with Crippen molar-refractivity contribution >= 4 is 11.8 Å². The summed E-state index contributed by atoms with van der Waals surface area (Å²) < 4.78 is 0. The van der Waals surface area contributed by atoms with Gasteiger partial charge >= 0.3 is 0 Å². The number of amides is 2. The Morgan fingerprint density at radius 2 is 1.76 bits per heavy atom. The third-order valence-electron chi connectivity index (χ3n) is 6.13.